The first-order valence-corrected chi connectivity index (χ1v) is 10.1. The quantitative estimate of drug-likeness (QED) is 0.450. The van der Waals surface area contributed by atoms with Crippen LogP contribution in [-0.2, 0) is 6.42 Å². The molecule has 3 N–H and O–H groups in total. The van der Waals surface area contributed by atoms with Crippen molar-refractivity contribution in [1.29, 1.82) is 0 Å². The SMILES string of the molecule is Nc1nc(Nc2ccc3c(c2)Cc2ccccc2-3)nn1-c1nc2ccccc2s1. The number of rotatable bonds is 3. The lowest BCUT2D eigenvalue weighted by atomic mass is 10.1. The number of hydrogen-bond acceptors (Lipinski definition) is 6. The molecule has 1 aliphatic rings. The summed E-state index contributed by atoms with van der Waals surface area (Å²) in [7, 11) is 0. The molecule has 7 heteroatoms. The average molecular weight is 396 g/mol. The summed E-state index contributed by atoms with van der Waals surface area (Å²) in [5.41, 5.74) is 13.3. The summed E-state index contributed by atoms with van der Waals surface area (Å²) in [6.07, 6.45) is 0.941. The van der Waals surface area contributed by atoms with Gasteiger partial charge in [-0.05, 0) is 52.9 Å². The van der Waals surface area contributed by atoms with Gasteiger partial charge in [-0.15, -0.1) is 5.10 Å². The van der Waals surface area contributed by atoms with Crippen molar-refractivity contribution >= 4 is 39.1 Å². The highest BCUT2D eigenvalue weighted by molar-refractivity contribution is 7.20. The number of fused-ring (bicyclic) bond motifs is 4. The van der Waals surface area contributed by atoms with Crippen LogP contribution in [0.4, 0.5) is 17.6 Å². The van der Waals surface area contributed by atoms with Crippen LogP contribution in [0.5, 0.6) is 0 Å². The van der Waals surface area contributed by atoms with E-state index in [9.17, 15) is 0 Å². The maximum atomic E-state index is 6.11. The second kappa shape index (κ2) is 6.15. The molecule has 29 heavy (non-hydrogen) atoms. The Bertz CT molecular complexity index is 1350. The van der Waals surface area contributed by atoms with Gasteiger partial charge in [0.25, 0.3) is 0 Å². The Morgan fingerprint density at radius 2 is 1.72 bits per heavy atom. The largest absolute Gasteiger partial charge is 0.368 e. The van der Waals surface area contributed by atoms with Crippen molar-refractivity contribution < 1.29 is 0 Å². The molecule has 6 nitrogen and oxygen atoms in total. The minimum atomic E-state index is 0.306. The lowest BCUT2D eigenvalue weighted by Gasteiger charge is -2.05. The first-order valence-electron chi connectivity index (χ1n) is 9.31. The second-order valence-electron chi connectivity index (χ2n) is 7.00. The molecule has 0 bridgehead atoms. The van der Waals surface area contributed by atoms with E-state index < -0.39 is 0 Å². The number of benzene rings is 3. The van der Waals surface area contributed by atoms with Crippen molar-refractivity contribution in [1.82, 2.24) is 19.7 Å². The summed E-state index contributed by atoms with van der Waals surface area (Å²) in [6, 6.07) is 22.9. The molecule has 0 atom stereocenters. The molecule has 0 aliphatic heterocycles. The van der Waals surface area contributed by atoms with Gasteiger partial charge in [0.15, 0.2) is 0 Å². The topological polar surface area (TPSA) is 81.6 Å². The van der Waals surface area contributed by atoms with Gasteiger partial charge in [-0.3, -0.25) is 0 Å². The standard InChI is InChI=1S/C22H16N6S/c23-20-26-21(27-28(20)22-25-18-7-3-4-8-19(18)29-22)24-15-9-10-17-14(12-15)11-13-5-1-2-6-16(13)17/h1-10,12H,11H2,(H3,23,24,26,27). The van der Waals surface area contributed by atoms with E-state index in [-0.39, 0.29) is 0 Å². The maximum Gasteiger partial charge on any atom is 0.248 e. The lowest BCUT2D eigenvalue weighted by Crippen LogP contribution is -2.01. The van der Waals surface area contributed by atoms with Gasteiger partial charge in [-0.25, -0.2) is 4.98 Å². The Morgan fingerprint density at radius 1 is 0.897 bits per heavy atom. The molecule has 140 valence electrons. The molecule has 0 spiro atoms. The van der Waals surface area contributed by atoms with Gasteiger partial charge in [0.05, 0.1) is 10.2 Å². The number of aromatic nitrogens is 4. The fourth-order valence-corrected chi connectivity index (χ4v) is 4.75. The van der Waals surface area contributed by atoms with Crippen molar-refractivity contribution in [3.05, 3.63) is 77.9 Å². The summed E-state index contributed by atoms with van der Waals surface area (Å²) < 4.78 is 2.67. The molecule has 2 heterocycles. The molecule has 0 radical (unpaired) electrons. The highest BCUT2D eigenvalue weighted by Crippen LogP contribution is 2.38. The molecule has 5 aromatic rings. The minimum absolute atomic E-state index is 0.306. The minimum Gasteiger partial charge on any atom is -0.368 e. The Balaban J connectivity index is 1.31. The van der Waals surface area contributed by atoms with E-state index in [1.54, 1.807) is 4.68 Å². The number of para-hydroxylation sites is 1. The molecule has 0 saturated carbocycles. The Labute approximate surface area is 170 Å². The second-order valence-corrected chi connectivity index (χ2v) is 8.01. The molecule has 0 unspecified atom stereocenters. The van der Waals surface area contributed by atoms with Gasteiger partial charge in [-0.1, -0.05) is 53.8 Å². The first-order chi connectivity index (χ1) is 14.2. The lowest BCUT2D eigenvalue weighted by molar-refractivity contribution is 0.886. The fourth-order valence-electron chi connectivity index (χ4n) is 3.82. The molecule has 0 fully saturated rings. The Kier molecular flexibility index (Phi) is 3.45. The first kappa shape index (κ1) is 16.3. The van der Waals surface area contributed by atoms with Crippen LogP contribution >= 0.6 is 11.3 Å². The van der Waals surface area contributed by atoms with Gasteiger partial charge in [-0.2, -0.15) is 9.67 Å². The smallest absolute Gasteiger partial charge is 0.248 e. The van der Waals surface area contributed by atoms with E-state index in [4.69, 9.17) is 5.73 Å². The van der Waals surface area contributed by atoms with Gasteiger partial charge < -0.3 is 11.1 Å². The fraction of sp³-hybridized carbons (Fsp3) is 0.0455. The summed E-state index contributed by atoms with van der Waals surface area (Å²) in [6.45, 7) is 0. The number of nitrogens with one attached hydrogen (secondary N) is 1. The van der Waals surface area contributed by atoms with E-state index in [0.717, 1.165) is 22.3 Å². The van der Waals surface area contributed by atoms with Crippen LogP contribution in [0.25, 0.3) is 26.5 Å². The highest BCUT2D eigenvalue weighted by atomic mass is 32.1. The zero-order valence-corrected chi connectivity index (χ0v) is 16.1. The third kappa shape index (κ3) is 2.67. The van der Waals surface area contributed by atoms with E-state index in [1.165, 1.54) is 33.6 Å². The molecule has 6 rings (SSSR count). The molecule has 0 amide bonds. The molecule has 3 aromatic carbocycles. The summed E-state index contributed by atoms with van der Waals surface area (Å²) in [5.74, 6) is 0.761. The highest BCUT2D eigenvalue weighted by Gasteiger charge is 2.19. The van der Waals surface area contributed by atoms with Gasteiger partial charge in [0.2, 0.25) is 17.0 Å². The van der Waals surface area contributed by atoms with Crippen LogP contribution in [-0.4, -0.2) is 19.7 Å². The molecule has 2 aromatic heterocycles. The Morgan fingerprint density at radius 3 is 2.66 bits per heavy atom. The zero-order chi connectivity index (χ0) is 19.4. The van der Waals surface area contributed by atoms with E-state index in [1.807, 2.05) is 24.3 Å². The van der Waals surface area contributed by atoms with Crippen LogP contribution in [0.15, 0.2) is 66.7 Å². The van der Waals surface area contributed by atoms with Crippen LogP contribution in [0.3, 0.4) is 0 Å². The molecular weight excluding hydrogens is 380 g/mol. The number of thiazole rings is 1. The molecular formula is C22H16N6S. The molecule has 1 aliphatic carbocycles. The van der Waals surface area contributed by atoms with Gasteiger partial charge in [0.1, 0.15) is 0 Å². The third-order valence-corrected chi connectivity index (χ3v) is 6.16. The number of nitrogens with two attached hydrogens (primary N) is 1. The average Bonchev–Trinajstić information content (AvgIpc) is 3.41. The van der Waals surface area contributed by atoms with Crippen LogP contribution in [0.1, 0.15) is 11.1 Å². The predicted molar refractivity (Wildman–Crippen MR) is 117 cm³/mol. The van der Waals surface area contributed by atoms with Gasteiger partial charge in [0, 0.05) is 5.69 Å². The van der Waals surface area contributed by atoms with E-state index >= 15 is 0 Å². The zero-order valence-electron chi connectivity index (χ0n) is 15.3. The van der Waals surface area contributed by atoms with Crippen LogP contribution in [0, 0.1) is 0 Å². The van der Waals surface area contributed by atoms with E-state index in [2.05, 4.69) is 62.8 Å². The van der Waals surface area contributed by atoms with Crippen molar-refractivity contribution in [3.8, 4) is 16.3 Å². The molecule has 0 saturated heterocycles. The summed E-state index contributed by atoms with van der Waals surface area (Å²) >= 11 is 1.53. The van der Waals surface area contributed by atoms with Crippen LogP contribution < -0.4 is 11.1 Å². The predicted octanol–water partition coefficient (Wildman–Crippen LogP) is 4.77. The van der Waals surface area contributed by atoms with E-state index in [0.29, 0.717) is 17.0 Å². The van der Waals surface area contributed by atoms with Crippen molar-refractivity contribution in [2.45, 2.75) is 6.42 Å². The summed E-state index contributed by atoms with van der Waals surface area (Å²) in [4.78, 5) is 8.98. The Hall–Kier alpha value is -3.71. The van der Waals surface area contributed by atoms with Crippen LogP contribution in [0.2, 0.25) is 0 Å². The van der Waals surface area contributed by atoms with Crippen molar-refractivity contribution in [2.75, 3.05) is 11.1 Å². The normalized spacial score (nSPS) is 12.1. The third-order valence-electron chi connectivity index (χ3n) is 5.15. The maximum absolute atomic E-state index is 6.11. The number of anilines is 3. The van der Waals surface area contributed by atoms with Crippen molar-refractivity contribution in [3.63, 3.8) is 0 Å². The van der Waals surface area contributed by atoms with Crippen molar-refractivity contribution in [2.24, 2.45) is 0 Å². The number of hydrogen-bond donors (Lipinski definition) is 2. The monoisotopic (exact) mass is 396 g/mol. The number of nitrogen functional groups attached to an aromatic ring is 1. The summed E-state index contributed by atoms with van der Waals surface area (Å²) in [5, 5.41) is 8.50. The van der Waals surface area contributed by atoms with Gasteiger partial charge >= 0.3 is 0 Å². The number of nitrogens with zero attached hydrogens (tertiary/aromatic N) is 4.